The Labute approximate surface area is 160 Å². The standard InChI is InChI=1S/C21H26N2O4/c1-25-18-9-7-17(8-10-18)20(23-11-13-26-14-12-23)15-22-21(24)16-27-19-5-3-2-4-6-19/h2-10,20H,11-16H2,1H3,(H,22,24)/t20-/m1/s1. The smallest absolute Gasteiger partial charge is 0.258 e. The molecule has 1 N–H and O–H groups in total. The second-order valence-electron chi connectivity index (χ2n) is 6.34. The van der Waals surface area contributed by atoms with E-state index in [9.17, 15) is 4.79 Å². The number of nitrogens with one attached hydrogen (secondary N) is 1. The lowest BCUT2D eigenvalue weighted by molar-refractivity contribution is -0.123. The van der Waals surface area contributed by atoms with E-state index in [1.165, 1.54) is 0 Å². The molecule has 0 aromatic heterocycles. The van der Waals surface area contributed by atoms with Gasteiger partial charge in [-0.2, -0.15) is 0 Å². The summed E-state index contributed by atoms with van der Waals surface area (Å²) in [6.45, 7) is 3.61. The minimum atomic E-state index is -0.134. The highest BCUT2D eigenvalue weighted by Crippen LogP contribution is 2.23. The minimum Gasteiger partial charge on any atom is -0.497 e. The molecular weight excluding hydrogens is 344 g/mol. The molecule has 0 radical (unpaired) electrons. The van der Waals surface area contributed by atoms with Crippen LogP contribution in [0.4, 0.5) is 0 Å². The summed E-state index contributed by atoms with van der Waals surface area (Å²) in [6.07, 6.45) is 0. The molecular formula is C21H26N2O4. The summed E-state index contributed by atoms with van der Waals surface area (Å²) in [5.74, 6) is 1.37. The number of amides is 1. The zero-order valence-corrected chi connectivity index (χ0v) is 15.6. The van der Waals surface area contributed by atoms with Crippen LogP contribution in [0.25, 0.3) is 0 Å². The lowest BCUT2D eigenvalue weighted by Gasteiger charge is -2.35. The van der Waals surface area contributed by atoms with Crippen molar-refractivity contribution in [3.63, 3.8) is 0 Å². The average molecular weight is 370 g/mol. The Hall–Kier alpha value is -2.57. The Bertz CT molecular complexity index is 700. The van der Waals surface area contributed by atoms with Gasteiger partial charge in [0.1, 0.15) is 11.5 Å². The van der Waals surface area contributed by atoms with Gasteiger partial charge in [-0.25, -0.2) is 0 Å². The summed E-state index contributed by atoms with van der Waals surface area (Å²) >= 11 is 0. The van der Waals surface area contributed by atoms with Crippen LogP contribution in [0.5, 0.6) is 11.5 Å². The van der Waals surface area contributed by atoms with Gasteiger partial charge in [0.2, 0.25) is 0 Å². The van der Waals surface area contributed by atoms with Gasteiger partial charge in [0.05, 0.1) is 26.4 Å². The van der Waals surface area contributed by atoms with Crippen molar-refractivity contribution in [2.24, 2.45) is 0 Å². The molecule has 6 heteroatoms. The molecule has 0 unspecified atom stereocenters. The number of ether oxygens (including phenoxy) is 3. The highest BCUT2D eigenvalue weighted by atomic mass is 16.5. The maximum absolute atomic E-state index is 12.2. The van der Waals surface area contributed by atoms with Crippen molar-refractivity contribution in [2.75, 3.05) is 46.6 Å². The first-order chi connectivity index (χ1) is 13.3. The third kappa shape index (κ3) is 5.70. The SMILES string of the molecule is COc1ccc([C@@H](CNC(=O)COc2ccccc2)N2CCOCC2)cc1. The summed E-state index contributed by atoms with van der Waals surface area (Å²) in [6, 6.07) is 17.4. The third-order valence-corrected chi connectivity index (χ3v) is 4.59. The van der Waals surface area contributed by atoms with E-state index >= 15 is 0 Å². The van der Waals surface area contributed by atoms with Crippen molar-refractivity contribution in [1.29, 1.82) is 0 Å². The molecule has 0 spiro atoms. The first kappa shape index (κ1) is 19.2. The number of hydrogen-bond acceptors (Lipinski definition) is 5. The molecule has 27 heavy (non-hydrogen) atoms. The first-order valence-corrected chi connectivity index (χ1v) is 9.16. The number of hydrogen-bond donors (Lipinski definition) is 1. The van der Waals surface area contributed by atoms with Gasteiger partial charge in [0, 0.05) is 19.6 Å². The second kappa shape index (κ2) is 9.94. The maximum Gasteiger partial charge on any atom is 0.258 e. The zero-order chi connectivity index (χ0) is 18.9. The quantitative estimate of drug-likeness (QED) is 0.772. The fourth-order valence-corrected chi connectivity index (χ4v) is 3.10. The van der Waals surface area contributed by atoms with E-state index in [1.54, 1.807) is 7.11 Å². The van der Waals surface area contributed by atoms with Crippen LogP contribution in [0, 0.1) is 0 Å². The molecule has 1 aliphatic rings. The van der Waals surface area contributed by atoms with E-state index in [1.807, 2.05) is 54.6 Å². The van der Waals surface area contributed by atoms with E-state index < -0.39 is 0 Å². The van der Waals surface area contributed by atoms with Crippen LogP contribution in [0.3, 0.4) is 0 Å². The van der Waals surface area contributed by atoms with E-state index in [4.69, 9.17) is 14.2 Å². The summed E-state index contributed by atoms with van der Waals surface area (Å²) in [5.41, 5.74) is 1.14. The van der Waals surface area contributed by atoms with Crippen LogP contribution in [0.1, 0.15) is 11.6 Å². The van der Waals surface area contributed by atoms with Gasteiger partial charge in [-0.05, 0) is 29.8 Å². The Morgan fingerprint density at radius 1 is 1.07 bits per heavy atom. The van der Waals surface area contributed by atoms with Gasteiger partial charge >= 0.3 is 0 Å². The van der Waals surface area contributed by atoms with Crippen LogP contribution < -0.4 is 14.8 Å². The second-order valence-corrected chi connectivity index (χ2v) is 6.34. The van der Waals surface area contributed by atoms with Crippen molar-refractivity contribution >= 4 is 5.91 Å². The first-order valence-electron chi connectivity index (χ1n) is 9.16. The van der Waals surface area contributed by atoms with E-state index in [2.05, 4.69) is 10.2 Å². The molecule has 1 aliphatic heterocycles. The molecule has 2 aromatic carbocycles. The molecule has 2 aromatic rings. The highest BCUT2D eigenvalue weighted by Gasteiger charge is 2.23. The van der Waals surface area contributed by atoms with Gasteiger partial charge < -0.3 is 19.5 Å². The van der Waals surface area contributed by atoms with Crippen molar-refractivity contribution in [1.82, 2.24) is 10.2 Å². The molecule has 0 aliphatic carbocycles. The number of para-hydroxylation sites is 1. The van der Waals surface area contributed by atoms with Crippen molar-refractivity contribution in [2.45, 2.75) is 6.04 Å². The summed E-state index contributed by atoms with van der Waals surface area (Å²) in [7, 11) is 1.65. The number of nitrogens with zero attached hydrogens (tertiary/aromatic N) is 1. The monoisotopic (exact) mass is 370 g/mol. The summed E-state index contributed by atoms with van der Waals surface area (Å²) in [4.78, 5) is 14.6. The zero-order valence-electron chi connectivity index (χ0n) is 15.6. The van der Waals surface area contributed by atoms with Crippen molar-refractivity contribution < 1.29 is 19.0 Å². The predicted molar refractivity (Wildman–Crippen MR) is 103 cm³/mol. The Kier molecular flexibility index (Phi) is 7.07. The lowest BCUT2D eigenvalue weighted by Crippen LogP contribution is -2.44. The molecule has 1 atom stereocenters. The molecule has 0 bridgehead atoms. The molecule has 6 nitrogen and oxygen atoms in total. The molecule has 3 rings (SSSR count). The van der Waals surface area contributed by atoms with Crippen LogP contribution in [0.15, 0.2) is 54.6 Å². The normalized spacial score (nSPS) is 15.7. The lowest BCUT2D eigenvalue weighted by atomic mass is 10.0. The minimum absolute atomic E-state index is 0.00244. The van der Waals surface area contributed by atoms with E-state index in [0.29, 0.717) is 25.5 Å². The Morgan fingerprint density at radius 3 is 2.44 bits per heavy atom. The van der Waals surface area contributed by atoms with Crippen molar-refractivity contribution in [3.05, 3.63) is 60.2 Å². The number of benzene rings is 2. The number of carbonyl (C=O) groups is 1. The van der Waals surface area contributed by atoms with Crippen LogP contribution in [-0.4, -0.2) is 57.4 Å². The third-order valence-electron chi connectivity index (χ3n) is 4.59. The molecule has 0 saturated carbocycles. The van der Waals surface area contributed by atoms with Crippen molar-refractivity contribution in [3.8, 4) is 11.5 Å². The van der Waals surface area contributed by atoms with Gasteiger partial charge in [-0.1, -0.05) is 30.3 Å². The predicted octanol–water partition coefficient (Wildman–Crippen LogP) is 2.26. The van der Waals surface area contributed by atoms with E-state index in [0.717, 1.165) is 24.4 Å². The van der Waals surface area contributed by atoms with Gasteiger partial charge in [0.25, 0.3) is 5.91 Å². The van der Waals surface area contributed by atoms with Crippen LogP contribution >= 0.6 is 0 Å². The number of morpholine rings is 1. The molecule has 1 heterocycles. The van der Waals surface area contributed by atoms with Gasteiger partial charge in [0.15, 0.2) is 6.61 Å². The summed E-state index contributed by atoms with van der Waals surface area (Å²) in [5, 5.41) is 3.00. The summed E-state index contributed by atoms with van der Waals surface area (Å²) < 4.78 is 16.2. The highest BCUT2D eigenvalue weighted by molar-refractivity contribution is 5.77. The van der Waals surface area contributed by atoms with Crippen LogP contribution in [-0.2, 0) is 9.53 Å². The fourth-order valence-electron chi connectivity index (χ4n) is 3.10. The molecule has 1 saturated heterocycles. The fraction of sp³-hybridized carbons (Fsp3) is 0.381. The topological polar surface area (TPSA) is 60.0 Å². The van der Waals surface area contributed by atoms with Gasteiger partial charge in [-0.15, -0.1) is 0 Å². The Balaban J connectivity index is 1.59. The van der Waals surface area contributed by atoms with Crippen LogP contribution in [0.2, 0.25) is 0 Å². The number of carbonyl (C=O) groups excluding carboxylic acids is 1. The molecule has 1 fully saturated rings. The largest absolute Gasteiger partial charge is 0.497 e. The number of methoxy groups -OCH3 is 1. The Morgan fingerprint density at radius 2 is 1.78 bits per heavy atom. The maximum atomic E-state index is 12.2. The number of rotatable bonds is 8. The van der Waals surface area contributed by atoms with Gasteiger partial charge in [-0.3, -0.25) is 9.69 Å². The average Bonchev–Trinajstić information content (AvgIpc) is 2.74. The van der Waals surface area contributed by atoms with E-state index in [-0.39, 0.29) is 18.6 Å². The molecule has 1 amide bonds. The molecule has 144 valence electrons.